The summed E-state index contributed by atoms with van der Waals surface area (Å²) in [7, 11) is 0. The van der Waals surface area contributed by atoms with Crippen LogP contribution in [0.3, 0.4) is 0 Å². The maximum Gasteiger partial charge on any atom is 0.150 e. The Hall–Kier alpha value is -3.21. The van der Waals surface area contributed by atoms with Gasteiger partial charge >= 0.3 is 0 Å². The van der Waals surface area contributed by atoms with Gasteiger partial charge in [0, 0.05) is 30.5 Å². The lowest BCUT2D eigenvalue weighted by Crippen LogP contribution is -2.30. The molecule has 0 aliphatic carbocycles. The second-order valence-corrected chi connectivity index (χ2v) is 7.20. The highest BCUT2D eigenvalue weighted by molar-refractivity contribution is 6.02. The summed E-state index contributed by atoms with van der Waals surface area (Å²) >= 11 is 0. The molecular weight excluding hydrogens is 351 g/mol. The Bertz CT molecular complexity index is 1100. The number of aromatic nitrogens is 3. The minimum atomic E-state index is -0.243. The predicted molar refractivity (Wildman–Crippen MR) is 110 cm³/mol. The highest BCUT2D eigenvalue weighted by Crippen LogP contribution is 2.37. The Kier molecular flexibility index (Phi) is 4.28. The van der Waals surface area contributed by atoms with Gasteiger partial charge in [-0.05, 0) is 49.1 Å². The number of rotatable bonds is 3. The molecule has 0 radical (unpaired) electrons. The first-order valence-corrected chi connectivity index (χ1v) is 9.73. The summed E-state index contributed by atoms with van der Waals surface area (Å²) in [5, 5.41) is 1.06. The van der Waals surface area contributed by atoms with Crippen molar-refractivity contribution in [3.63, 3.8) is 0 Å². The summed E-state index contributed by atoms with van der Waals surface area (Å²) in [5.41, 5.74) is 3.96. The molecule has 0 bridgehead atoms. The first-order valence-electron chi connectivity index (χ1n) is 9.73. The van der Waals surface area contributed by atoms with Gasteiger partial charge in [0.25, 0.3) is 0 Å². The molecule has 1 fully saturated rings. The normalized spacial score (nSPS) is 14.5. The Morgan fingerprint density at radius 2 is 1.57 bits per heavy atom. The maximum atomic E-state index is 13.5. The number of nitrogens with zero attached hydrogens (tertiary/aromatic N) is 4. The lowest BCUT2D eigenvalue weighted by Gasteiger charge is -2.28. The van der Waals surface area contributed by atoms with Crippen molar-refractivity contribution in [3.05, 3.63) is 72.9 Å². The van der Waals surface area contributed by atoms with Gasteiger partial charge in [0.05, 0.1) is 5.39 Å². The smallest absolute Gasteiger partial charge is 0.150 e. The van der Waals surface area contributed by atoms with Crippen LogP contribution in [0.2, 0.25) is 0 Å². The zero-order chi connectivity index (χ0) is 18.9. The number of piperidine rings is 1. The van der Waals surface area contributed by atoms with Gasteiger partial charge in [-0.1, -0.05) is 30.3 Å². The van der Waals surface area contributed by atoms with Crippen LogP contribution in [0, 0.1) is 5.82 Å². The second kappa shape index (κ2) is 7.08. The number of fused-ring (bicyclic) bond motifs is 1. The molecule has 4 nitrogen and oxygen atoms in total. The Morgan fingerprint density at radius 3 is 2.32 bits per heavy atom. The molecular formula is C23H21FN4. The molecule has 1 saturated heterocycles. The first-order chi connectivity index (χ1) is 13.8. The van der Waals surface area contributed by atoms with Gasteiger partial charge in [-0.15, -0.1) is 0 Å². The van der Waals surface area contributed by atoms with Gasteiger partial charge in [0.1, 0.15) is 18.0 Å². The Morgan fingerprint density at radius 1 is 0.821 bits per heavy atom. The fourth-order valence-corrected chi connectivity index (χ4v) is 4.03. The maximum absolute atomic E-state index is 13.5. The molecule has 1 aliphatic rings. The molecule has 2 aromatic heterocycles. The SMILES string of the molecule is Fc1ccc(-n2cc(-c3ccccc3)c3c(N4CCCCC4)ncnc32)cc1. The van der Waals surface area contributed by atoms with Crippen molar-refractivity contribution in [2.45, 2.75) is 19.3 Å². The van der Waals surface area contributed by atoms with Gasteiger partial charge in [-0.3, -0.25) is 0 Å². The summed E-state index contributed by atoms with van der Waals surface area (Å²) < 4.78 is 15.5. The number of hydrogen-bond acceptors (Lipinski definition) is 3. The van der Waals surface area contributed by atoms with Crippen LogP contribution in [0.15, 0.2) is 67.1 Å². The molecule has 0 atom stereocenters. The van der Waals surface area contributed by atoms with Crippen molar-refractivity contribution in [1.29, 1.82) is 0 Å². The molecule has 4 aromatic rings. The predicted octanol–water partition coefficient (Wildman–Crippen LogP) is 5.22. The van der Waals surface area contributed by atoms with Crippen molar-refractivity contribution in [2.75, 3.05) is 18.0 Å². The minimum absolute atomic E-state index is 0.243. The van der Waals surface area contributed by atoms with Crippen LogP contribution in [0.25, 0.3) is 27.8 Å². The van der Waals surface area contributed by atoms with E-state index in [1.165, 1.54) is 31.4 Å². The zero-order valence-electron chi connectivity index (χ0n) is 15.6. The third kappa shape index (κ3) is 2.93. The molecule has 140 valence electrons. The molecule has 0 unspecified atom stereocenters. The number of hydrogen-bond donors (Lipinski definition) is 0. The van der Waals surface area contributed by atoms with Gasteiger partial charge in [-0.25, -0.2) is 14.4 Å². The van der Waals surface area contributed by atoms with E-state index in [4.69, 9.17) is 0 Å². The average Bonchev–Trinajstić information content (AvgIpc) is 3.15. The van der Waals surface area contributed by atoms with Crippen LogP contribution in [0.5, 0.6) is 0 Å². The highest BCUT2D eigenvalue weighted by atomic mass is 19.1. The van der Waals surface area contributed by atoms with E-state index < -0.39 is 0 Å². The molecule has 5 rings (SSSR count). The van der Waals surface area contributed by atoms with E-state index in [1.807, 2.05) is 22.8 Å². The van der Waals surface area contributed by atoms with Crippen LogP contribution in [0.1, 0.15) is 19.3 Å². The van der Waals surface area contributed by atoms with Crippen molar-refractivity contribution >= 4 is 16.9 Å². The fourth-order valence-electron chi connectivity index (χ4n) is 4.03. The van der Waals surface area contributed by atoms with E-state index >= 15 is 0 Å². The monoisotopic (exact) mass is 372 g/mol. The van der Waals surface area contributed by atoms with Crippen LogP contribution in [-0.4, -0.2) is 27.6 Å². The van der Waals surface area contributed by atoms with Gasteiger partial charge in [0.2, 0.25) is 0 Å². The standard InChI is InChI=1S/C23H21FN4/c24-18-9-11-19(12-10-18)28-15-20(17-7-3-1-4-8-17)21-22(25-16-26-23(21)28)27-13-5-2-6-14-27/h1,3-4,7-12,15-16H,2,5-6,13-14H2. The molecule has 0 spiro atoms. The van der Waals surface area contributed by atoms with Crippen LogP contribution in [-0.2, 0) is 0 Å². The third-order valence-corrected chi connectivity index (χ3v) is 5.41. The second-order valence-electron chi connectivity index (χ2n) is 7.20. The van der Waals surface area contributed by atoms with Crippen molar-refractivity contribution in [1.82, 2.24) is 14.5 Å². The lowest BCUT2D eigenvalue weighted by molar-refractivity contribution is 0.574. The van der Waals surface area contributed by atoms with Crippen LogP contribution >= 0.6 is 0 Å². The average molecular weight is 372 g/mol. The number of anilines is 1. The topological polar surface area (TPSA) is 34.0 Å². The fraction of sp³-hybridized carbons (Fsp3) is 0.217. The molecule has 0 saturated carbocycles. The summed E-state index contributed by atoms with van der Waals surface area (Å²) in [6, 6.07) is 16.9. The molecule has 0 amide bonds. The summed E-state index contributed by atoms with van der Waals surface area (Å²) in [6.07, 6.45) is 7.37. The van der Waals surface area contributed by atoms with Crippen molar-refractivity contribution < 1.29 is 4.39 Å². The molecule has 28 heavy (non-hydrogen) atoms. The van der Waals surface area contributed by atoms with Crippen molar-refractivity contribution in [2.24, 2.45) is 0 Å². The van der Waals surface area contributed by atoms with E-state index in [0.717, 1.165) is 46.8 Å². The van der Waals surface area contributed by atoms with Gasteiger partial charge in [0.15, 0.2) is 5.65 Å². The van der Waals surface area contributed by atoms with E-state index in [9.17, 15) is 4.39 Å². The zero-order valence-corrected chi connectivity index (χ0v) is 15.6. The van der Waals surface area contributed by atoms with E-state index in [0.29, 0.717) is 0 Å². The van der Waals surface area contributed by atoms with Crippen LogP contribution < -0.4 is 4.90 Å². The quantitative estimate of drug-likeness (QED) is 0.495. The summed E-state index contributed by atoms with van der Waals surface area (Å²) in [6.45, 7) is 2.03. The number of benzene rings is 2. The van der Waals surface area contributed by atoms with E-state index in [2.05, 4.69) is 33.2 Å². The Labute approximate surface area is 163 Å². The molecule has 2 aromatic carbocycles. The lowest BCUT2D eigenvalue weighted by atomic mass is 10.1. The summed E-state index contributed by atoms with van der Waals surface area (Å²) in [4.78, 5) is 11.7. The Balaban J connectivity index is 1.77. The van der Waals surface area contributed by atoms with Crippen molar-refractivity contribution in [3.8, 4) is 16.8 Å². The molecule has 1 aliphatic heterocycles. The summed E-state index contributed by atoms with van der Waals surface area (Å²) in [5.74, 6) is 0.747. The van der Waals surface area contributed by atoms with Gasteiger partial charge in [-0.2, -0.15) is 0 Å². The van der Waals surface area contributed by atoms with E-state index in [1.54, 1.807) is 18.5 Å². The number of halogens is 1. The molecule has 5 heteroatoms. The molecule has 3 heterocycles. The first kappa shape index (κ1) is 16.9. The van der Waals surface area contributed by atoms with Gasteiger partial charge < -0.3 is 9.47 Å². The van der Waals surface area contributed by atoms with E-state index in [-0.39, 0.29) is 5.82 Å². The third-order valence-electron chi connectivity index (χ3n) is 5.41. The van der Waals surface area contributed by atoms with Crippen LogP contribution in [0.4, 0.5) is 10.2 Å². The highest BCUT2D eigenvalue weighted by Gasteiger charge is 2.21. The minimum Gasteiger partial charge on any atom is -0.356 e. The largest absolute Gasteiger partial charge is 0.356 e. The molecule has 0 N–H and O–H groups in total.